The van der Waals surface area contributed by atoms with Crippen LogP contribution in [0.2, 0.25) is 0 Å². The topological polar surface area (TPSA) is 77.5 Å². The van der Waals surface area contributed by atoms with Gasteiger partial charge in [0.15, 0.2) is 23.0 Å². The molecule has 1 fully saturated rings. The van der Waals surface area contributed by atoms with Crippen molar-refractivity contribution in [1.29, 1.82) is 0 Å². The second-order valence-electron chi connectivity index (χ2n) is 7.11. The lowest BCUT2D eigenvalue weighted by molar-refractivity contribution is -0.137. The molecule has 0 saturated carbocycles. The van der Waals surface area contributed by atoms with Crippen molar-refractivity contribution in [2.45, 2.75) is 19.9 Å². The molecule has 3 rings (SSSR count). The molecule has 0 spiro atoms. The molecule has 0 unspecified atom stereocenters. The van der Waals surface area contributed by atoms with Gasteiger partial charge in [0.2, 0.25) is 11.7 Å². The smallest absolute Gasteiger partial charge is 0.235 e. The number of amides is 1. The van der Waals surface area contributed by atoms with Crippen molar-refractivity contribution in [3.63, 3.8) is 0 Å². The number of benzene rings is 2. The lowest BCUT2D eigenvalue weighted by Gasteiger charge is -2.53. The first-order valence-corrected chi connectivity index (χ1v) is 8.80. The Morgan fingerprint density at radius 3 is 1.93 bits per heavy atom. The fourth-order valence-electron chi connectivity index (χ4n) is 3.72. The third-order valence-electron chi connectivity index (χ3n) is 5.16. The van der Waals surface area contributed by atoms with Crippen molar-refractivity contribution >= 4 is 11.6 Å². The Morgan fingerprint density at radius 2 is 1.46 bits per heavy atom. The van der Waals surface area contributed by atoms with Crippen molar-refractivity contribution in [3.05, 3.63) is 35.9 Å². The molecule has 2 aromatic carbocycles. The quantitative estimate of drug-likeness (QED) is 0.764. The summed E-state index contributed by atoms with van der Waals surface area (Å²) in [5.41, 5.74) is 0.789. The van der Waals surface area contributed by atoms with Crippen LogP contribution >= 0.6 is 0 Å². The summed E-state index contributed by atoms with van der Waals surface area (Å²) in [6.45, 7) is 3.77. The number of phenolic OH excluding ortho intramolecular Hbond substituents is 1. The molecule has 1 heterocycles. The molecule has 1 atom stereocenters. The van der Waals surface area contributed by atoms with E-state index in [2.05, 4.69) is 0 Å². The monoisotopic (exact) mass is 387 g/mol. The zero-order chi connectivity index (χ0) is 20.6. The summed E-state index contributed by atoms with van der Waals surface area (Å²) in [4.78, 5) is 14.6. The van der Waals surface area contributed by atoms with Crippen LogP contribution in [-0.2, 0) is 4.79 Å². The van der Waals surface area contributed by atoms with Crippen molar-refractivity contribution < 1.29 is 28.8 Å². The number of anilines is 1. The molecule has 0 bridgehead atoms. The van der Waals surface area contributed by atoms with Crippen LogP contribution in [0.4, 0.5) is 5.69 Å². The highest BCUT2D eigenvalue weighted by Gasteiger charge is 2.55. The Labute approximate surface area is 164 Å². The number of carbonyl (C=O) groups is 1. The third kappa shape index (κ3) is 2.87. The molecule has 1 aliphatic rings. The number of ether oxygens (including phenoxy) is 4. The van der Waals surface area contributed by atoms with E-state index in [9.17, 15) is 9.90 Å². The van der Waals surface area contributed by atoms with Crippen LogP contribution in [0.15, 0.2) is 30.3 Å². The van der Waals surface area contributed by atoms with Crippen molar-refractivity contribution in [2.75, 3.05) is 33.3 Å². The average molecular weight is 387 g/mol. The lowest BCUT2D eigenvalue weighted by Crippen LogP contribution is -2.61. The van der Waals surface area contributed by atoms with Crippen LogP contribution in [0.3, 0.4) is 0 Å². The Kier molecular flexibility index (Phi) is 5.02. The largest absolute Gasteiger partial charge is 0.504 e. The molecule has 7 heteroatoms. The highest BCUT2D eigenvalue weighted by molar-refractivity contribution is 6.06. The molecule has 1 saturated heterocycles. The summed E-state index contributed by atoms with van der Waals surface area (Å²) in [5.74, 6) is 1.75. The van der Waals surface area contributed by atoms with Crippen molar-refractivity contribution in [2.24, 2.45) is 5.41 Å². The average Bonchev–Trinajstić information content (AvgIpc) is 2.70. The van der Waals surface area contributed by atoms with E-state index < -0.39 is 5.41 Å². The van der Waals surface area contributed by atoms with Gasteiger partial charge >= 0.3 is 0 Å². The maximum Gasteiger partial charge on any atom is 0.235 e. The number of carbonyl (C=O) groups excluding carboxylic acids is 1. The van der Waals surface area contributed by atoms with Gasteiger partial charge in [-0.3, -0.25) is 4.79 Å². The molecule has 0 aliphatic carbocycles. The molecule has 7 nitrogen and oxygen atoms in total. The molecule has 150 valence electrons. The van der Waals surface area contributed by atoms with E-state index in [0.717, 1.165) is 5.56 Å². The molecule has 2 aromatic rings. The van der Waals surface area contributed by atoms with E-state index >= 15 is 0 Å². The lowest BCUT2D eigenvalue weighted by atomic mass is 9.70. The summed E-state index contributed by atoms with van der Waals surface area (Å²) >= 11 is 0. The van der Waals surface area contributed by atoms with E-state index in [0.29, 0.717) is 28.7 Å². The first-order valence-electron chi connectivity index (χ1n) is 8.80. The first kappa shape index (κ1) is 19.7. The summed E-state index contributed by atoms with van der Waals surface area (Å²) in [6.07, 6.45) is 0. The summed E-state index contributed by atoms with van der Waals surface area (Å²) in [6, 6.07) is 8.37. The minimum atomic E-state index is -0.637. The molecular formula is C21H25NO6. The van der Waals surface area contributed by atoms with E-state index in [4.69, 9.17) is 18.9 Å². The molecule has 1 amide bonds. The maximum absolute atomic E-state index is 13.0. The van der Waals surface area contributed by atoms with Crippen LogP contribution in [-0.4, -0.2) is 39.5 Å². The minimum absolute atomic E-state index is 0.0278. The van der Waals surface area contributed by atoms with Gasteiger partial charge in [-0.25, -0.2) is 0 Å². The van der Waals surface area contributed by atoms with Gasteiger partial charge in [-0.2, -0.15) is 0 Å². The number of hydrogen-bond acceptors (Lipinski definition) is 6. The number of aromatic hydroxyl groups is 1. The summed E-state index contributed by atoms with van der Waals surface area (Å²) < 4.78 is 21.3. The van der Waals surface area contributed by atoms with Crippen LogP contribution in [0.5, 0.6) is 28.7 Å². The van der Waals surface area contributed by atoms with Gasteiger partial charge in [0.05, 0.1) is 45.6 Å². The van der Waals surface area contributed by atoms with E-state index in [1.165, 1.54) is 28.4 Å². The Morgan fingerprint density at radius 1 is 0.893 bits per heavy atom. The Hall–Kier alpha value is -3.09. The zero-order valence-corrected chi connectivity index (χ0v) is 16.9. The van der Waals surface area contributed by atoms with Crippen LogP contribution in [0.1, 0.15) is 25.5 Å². The number of rotatable bonds is 6. The van der Waals surface area contributed by atoms with Gasteiger partial charge in [-0.15, -0.1) is 0 Å². The van der Waals surface area contributed by atoms with Gasteiger partial charge in [-0.05, 0) is 31.5 Å². The Bertz CT molecular complexity index is 883. The van der Waals surface area contributed by atoms with Crippen LogP contribution in [0, 0.1) is 5.41 Å². The number of hydrogen-bond donors (Lipinski definition) is 1. The molecule has 0 aromatic heterocycles. The predicted molar refractivity (Wildman–Crippen MR) is 105 cm³/mol. The van der Waals surface area contributed by atoms with Crippen LogP contribution in [0.25, 0.3) is 0 Å². The molecule has 1 aliphatic heterocycles. The molecular weight excluding hydrogens is 362 g/mol. The molecule has 1 N–H and O–H groups in total. The SMILES string of the molecule is COc1ccc([C@@H]2N(c3cc(OC)c(OC)c(OC)c3)C(=O)C2(C)C)cc1O. The third-order valence-corrected chi connectivity index (χ3v) is 5.16. The van der Waals surface area contributed by atoms with E-state index in [-0.39, 0.29) is 17.7 Å². The Balaban J connectivity index is 2.10. The number of phenols is 1. The number of β-lactam (4-membered cyclic amide) rings is 1. The number of methoxy groups -OCH3 is 4. The standard InChI is InChI=1S/C21H25NO6/c1-21(2)19(12-7-8-15(25-3)14(23)9-12)22(20(21)24)13-10-16(26-4)18(28-6)17(11-13)27-5/h7-11,19,23H,1-6H3/t19-/m0/s1. The maximum atomic E-state index is 13.0. The summed E-state index contributed by atoms with van der Waals surface area (Å²) in [5, 5.41) is 10.2. The summed E-state index contributed by atoms with van der Waals surface area (Å²) in [7, 11) is 6.08. The molecule has 28 heavy (non-hydrogen) atoms. The van der Waals surface area contributed by atoms with E-state index in [1.807, 2.05) is 19.9 Å². The van der Waals surface area contributed by atoms with Crippen molar-refractivity contribution in [3.8, 4) is 28.7 Å². The van der Waals surface area contributed by atoms with Gasteiger partial charge in [0.1, 0.15) is 0 Å². The highest BCUT2D eigenvalue weighted by Crippen LogP contribution is 2.54. The number of nitrogens with zero attached hydrogens (tertiary/aromatic N) is 1. The zero-order valence-electron chi connectivity index (χ0n) is 16.9. The van der Waals surface area contributed by atoms with Gasteiger partial charge < -0.3 is 29.0 Å². The van der Waals surface area contributed by atoms with Gasteiger partial charge in [0, 0.05) is 12.1 Å². The fourth-order valence-corrected chi connectivity index (χ4v) is 3.72. The first-order chi connectivity index (χ1) is 13.3. The van der Waals surface area contributed by atoms with Crippen LogP contribution < -0.4 is 23.8 Å². The fraction of sp³-hybridized carbons (Fsp3) is 0.381. The van der Waals surface area contributed by atoms with Gasteiger partial charge in [-0.1, -0.05) is 6.07 Å². The van der Waals surface area contributed by atoms with E-state index in [1.54, 1.807) is 29.2 Å². The highest BCUT2D eigenvalue weighted by atomic mass is 16.5. The second kappa shape index (κ2) is 7.14. The van der Waals surface area contributed by atoms with Crippen molar-refractivity contribution in [1.82, 2.24) is 0 Å². The normalized spacial score (nSPS) is 17.7. The second-order valence-corrected chi connectivity index (χ2v) is 7.11. The predicted octanol–water partition coefficient (Wildman–Crippen LogP) is 3.54. The molecule has 0 radical (unpaired) electrons. The minimum Gasteiger partial charge on any atom is -0.504 e. The van der Waals surface area contributed by atoms with Gasteiger partial charge in [0.25, 0.3) is 0 Å².